The summed E-state index contributed by atoms with van der Waals surface area (Å²) in [6, 6.07) is 10.1. The van der Waals surface area contributed by atoms with Crippen molar-refractivity contribution in [3.8, 4) is 0 Å². The molecule has 0 aliphatic heterocycles. The molecule has 0 aliphatic rings. The van der Waals surface area contributed by atoms with Crippen molar-refractivity contribution in [3.05, 3.63) is 48.7 Å². The van der Waals surface area contributed by atoms with Gasteiger partial charge < -0.3 is 14.6 Å². The number of hydrogen-bond acceptors (Lipinski definition) is 2. The molecule has 1 aromatic heterocycles. The van der Waals surface area contributed by atoms with E-state index in [0.717, 1.165) is 16.6 Å². The standard InChI is InChI=1S/C16H20N2O2/c1-3-8-17(9-10-19)16(20)12-18-13(2)11-14-6-4-5-7-15(14)18/h3-7,11,19H,1,8-10,12H2,2H3. The minimum absolute atomic E-state index is 0.0107. The molecule has 1 N–H and O–H groups in total. The number of benzene rings is 1. The molecule has 0 saturated carbocycles. The van der Waals surface area contributed by atoms with Crippen LogP contribution in [0.4, 0.5) is 0 Å². The number of para-hydroxylation sites is 1. The van der Waals surface area contributed by atoms with Gasteiger partial charge in [-0.1, -0.05) is 24.3 Å². The maximum atomic E-state index is 12.3. The van der Waals surface area contributed by atoms with Crippen LogP contribution in [0.3, 0.4) is 0 Å². The predicted molar refractivity (Wildman–Crippen MR) is 80.5 cm³/mol. The number of aryl methyl sites for hydroxylation is 1. The van der Waals surface area contributed by atoms with Crippen LogP contribution in [0, 0.1) is 6.92 Å². The van der Waals surface area contributed by atoms with E-state index in [1.165, 1.54) is 0 Å². The average molecular weight is 272 g/mol. The Morgan fingerprint density at radius 1 is 1.45 bits per heavy atom. The number of carbonyl (C=O) groups is 1. The van der Waals surface area contributed by atoms with Gasteiger partial charge in [0.15, 0.2) is 0 Å². The Morgan fingerprint density at radius 3 is 2.90 bits per heavy atom. The molecule has 0 radical (unpaired) electrons. The van der Waals surface area contributed by atoms with Crippen LogP contribution in [0.5, 0.6) is 0 Å². The van der Waals surface area contributed by atoms with Crippen LogP contribution in [0.25, 0.3) is 10.9 Å². The van der Waals surface area contributed by atoms with Gasteiger partial charge in [-0.05, 0) is 24.4 Å². The second kappa shape index (κ2) is 6.39. The summed E-state index contributed by atoms with van der Waals surface area (Å²) in [6.45, 7) is 6.69. The minimum atomic E-state index is -0.0367. The Bertz CT molecular complexity index is 616. The zero-order chi connectivity index (χ0) is 14.5. The van der Waals surface area contributed by atoms with Gasteiger partial charge in [0, 0.05) is 24.3 Å². The number of carbonyl (C=O) groups excluding carboxylic acids is 1. The highest BCUT2D eigenvalue weighted by atomic mass is 16.3. The molecule has 106 valence electrons. The molecule has 4 nitrogen and oxygen atoms in total. The van der Waals surface area contributed by atoms with Crippen molar-refractivity contribution >= 4 is 16.8 Å². The SMILES string of the molecule is C=CCN(CCO)C(=O)Cn1c(C)cc2ccccc21. The molecule has 0 fully saturated rings. The molecule has 0 spiro atoms. The molecule has 0 saturated heterocycles. The van der Waals surface area contributed by atoms with Gasteiger partial charge in [-0.3, -0.25) is 4.79 Å². The first-order chi connectivity index (χ1) is 9.67. The van der Waals surface area contributed by atoms with E-state index in [2.05, 4.69) is 12.6 Å². The number of fused-ring (bicyclic) bond motifs is 1. The summed E-state index contributed by atoms with van der Waals surface area (Å²) in [6.07, 6.45) is 1.67. The lowest BCUT2D eigenvalue weighted by Crippen LogP contribution is -2.36. The lowest BCUT2D eigenvalue weighted by atomic mass is 10.2. The maximum absolute atomic E-state index is 12.3. The second-order valence-corrected chi connectivity index (χ2v) is 4.78. The van der Waals surface area contributed by atoms with Crippen molar-refractivity contribution in [2.75, 3.05) is 19.7 Å². The van der Waals surface area contributed by atoms with E-state index in [0.29, 0.717) is 13.1 Å². The maximum Gasteiger partial charge on any atom is 0.242 e. The van der Waals surface area contributed by atoms with Crippen molar-refractivity contribution in [2.24, 2.45) is 0 Å². The van der Waals surface area contributed by atoms with Gasteiger partial charge in [-0.2, -0.15) is 0 Å². The number of hydrogen-bond donors (Lipinski definition) is 1. The monoisotopic (exact) mass is 272 g/mol. The first-order valence-corrected chi connectivity index (χ1v) is 6.71. The highest BCUT2D eigenvalue weighted by molar-refractivity contribution is 5.84. The van der Waals surface area contributed by atoms with Crippen LogP contribution >= 0.6 is 0 Å². The third-order valence-corrected chi connectivity index (χ3v) is 3.38. The van der Waals surface area contributed by atoms with Crippen LogP contribution in [0.15, 0.2) is 43.0 Å². The summed E-state index contributed by atoms with van der Waals surface area (Å²) < 4.78 is 2.01. The van der Waals surface area contributed by atoms with Gasteiger partial charge in [0.05, 0.1) is 6.61 Å². The minimum Gasteiger partial charge on any atom is -0.395 e. The van der Waals surface area contributed by atoms with Crippen molar-refractivity contribution in [3.63, 3.8) is 0 Å². The van der Waals surface area contributed by atoms with Gasteiger partial charge in [0.1, 0.15) is 6.54 Å². The van der Waals surface area contributed by atoms with Crippen LogP contribution < -0.4 is 0 Å². The van der Waals surface area contributed by atoms with Crippen molar-refractivity contribution in [1.82, 2.24) is 9.47 Å². The molecular weight excluding hydrogens is 252 g/mol. The smallest absolute Gasteiger partial charge is 0.242 e. The number of aliphatic hydroxyl groups is 1. The third-order valence-electron chi connectivity index (χ3n) is 3.38. The predicted octanol–water partition coefficient (Wildman–Crippen LogP) is 1.96. The van der Waals surface area contributed by atoms with Crippen LogP contribution in [0.2, 0.25) is 0 Å². The lowest BCUT2D eigenvalue weighted by Gasteiger charge is -2.21. The molecular formula is C16H20N2O2. The van der Waals surface area contributed by atoms with Gasteiger partial charge in [-0.25, -0.2) is 0 Å². The second-order valence-electron chi connectivity index (χ2n) is 4.78. The Kier molecular flexibility index (Phi) is 4.58. The van der Waals surface area contributed by atoms with Crippen LogP contribution in [0.1, 0.15) is 5.69 Å². The van der Waals surface area contributed by atoms with E-state index in [1.807, 2.05) is 35.8 Å². The first kappa shape index (κ1) is 14.3. The van der Waals surface area contributed by atoms with E-state index in [1.54, 1.807) is 11.0 Å². The van der Waals surface area contributed by atoms with Crippen molar-refractivity contribution < 1.29 is 9.90 Å². The molecule has 20 heavy (non-hydrogen) atoms. The highest BCUT2D eigenvalue weighted by Crippen LogP contribution is 2.19. The highest BCUT2D eigenvalue weighted by Gasteiger charge is 2.14. The molecule has 4 heteroatoms. The largest absolute Gasteiger partial charge is 0.395 e. The van der Waals surface area contributed by atoms with Crippen LogP contribution in [-0.2, 0) is 11.3 Å². The first-order valence-electron chi connectivity index (χ1n) is 6.71. The topological polar surface area (TPSA) is 45.5 Å². The van der Waals surface area contributed by atoms with E-state index in [4.69, 9.17) is 5.11 Å². The van der Waals surface area contributed by atoms with E-state index >= 15 is 0 Å². The lowest BCUT2D eigenvalue weighted by molar-refractivity contribution is -0.131. The summed E-state index contributed by atoms with van der Waals surface area (Å²) in [4.78, 5) is 13.9. The van der Waals surface area contributed by atoms with Crippen molar-refractivity contribution in [2.45, 2.75) is 13.5 Å². The fourth-order valence-corrected chi connectivity index (χ4v) is 2.39. The van der Waals surface area contributed by atoms with Gasteiger partial charge >= 0.3 is 0 Å². The molecule has 1 heterocycles. The number of aliphatic hydroxyl groups excluding tert-OH is 1. The fourth-order valence-electron chi connectivity index (χ4n) is 2.39. The third kappa shape index (κ3) is 2.91. The fraction of sp³-hybridized carbons (Fsp3) is 0.312. The molecule has 0 atom stereocenters. The van der Waals surface area contributed by atoms with Gasteiger partial charge in [0.25, 0.3) is 0 Å². The number of amides is 1. The summed E-state index contributed by atoms with van der Waals surface area (Å²) in [7, 11) is 0. The normalized spacial score (nSPS) is 10.7. The molecule has 0 aliphatic carbocycles. The molecule has 1 amide bonds. The van der Waals surface area contributed by atoms with E-state index in [-0.39, 0.29) is 19.1 Å². The van der Waals surface area contributed by atoms with Crippen molar-refractivity contribution in [1.29, 1.82) is 0 Å². The summed E-state index contributed by atoms with van der Waals surface area (Å²) in [5.74, 6) is -0.0107. The van der Waals surface area contributed by atoms with Gasteiger partial charge in [0.2, 0.25) is 5.91 Å². The Hall–Kier alpha value is -2.07. The number of aromatic nitrogens is 1. The molecule has 0 bridgehead atoms. The summed E-state index contributed by atoms with van der Waals surface area (Å²) >= 11 is 0. The Balaban J connectivity index is 2.24. The number of nitrogens with zero attached hydrogens (tertiary/aromatic N) is 2. The van der Waals surface area contributed by atoms with Crippen LogP contribution in [-0.4, -0.2) is 40.2 Å². The Morgan fingerprint density at radius 2 is 2.20 bits per heavy atom. The average Bonchev–Trinajstić information content (AvgIpc) is 2.75. The molecule has 0 unspecified atom stereocenters. The van der Waals surface area contributed by atoms with E-state index in [9.17, 15) is 4.79 Å². The van der Waals surface area contributed by atoms with Gasteiger partial charge in [-0.15, -0.1) is 6.58 Å². The Labute approximate surface area is 118 Å². The number of rotatable bonds is 6. The summed E-state index contributed by atoms with van der Waals surface area (Å²) in [5.41, 5.74) is 2.11. The molecule has 2 rings (SSSR count). The quantitative estimate of drug-likeness (QED) is 0.817. The molecule has 1 aromatic carbocycles. The zero-order valence-corrected chi connectivity index (χ0v) is 11.7. The van der Waals surface area contributed by atoms with E-state index < -0.39 is 0 Å². The zero-order valence-electron chi connectivity index (χ0n) is 11.7. The molecule has 2 aromatic rings. The summed E-state index contributed by atoms with van der Waals surface area (Å²) in [5, 5.41) is 10.2.